The highest BCUT2D eigenvalue weighted by Crippen LogP contribution is 2.35. The van der Waals surface area contributed by atoms with E-state index in [0.717, 1.165) is 14.3 Å². The van der Waals surface area contributed by atoms with Crippen LogP contribution in [0.5, 0.6) is 0 Å². The largest absolute Gasteiger partial charge is 0.352 e. The molecule has 0 heterocycles. The van der Waals surface area contributed by atoms with Gasteiger partial charge in [-0.3, -0.25) is 13.9 Å². The molecular formula is C28H30BrCl2N3O4S. The van der Waals surface area contributed by atoms with E-state index in [1.165, 1.54) is 29.2 Å². The summed E-state index contributed by atoms with van der Waals surface area (Å²) >= 11 is 16.1. The summed E-state index contributed by atoms with van der Waals surface area (Å²) in [5.74, 6) is -0.928. The van der Waals surface area contributed by atoms with Crippen molar-refractivity contribution in [2.24, 2.45) is 0 Å². The molecule has 0 aliphatic heterocycles. The Morgan fingerprint density at radius 1 is 0.974 bits per heavy atom. The molecule has 208 valence electrons. The van der Waals surface area contributed by atoms with Crippen LogP contribution in [0, 0.1) is 0 Å². The molecule has 3 aromatic rings. The van der Waals surface area contributed by atoms with Gasteiger partial charge < -0.3 is 10.2 Å². The molecule has 39 heavy (non-hydrogen) atoms. The minimum Gasteiger partial charge on any atom is -0.352 e. The highest BCUT2D eigenvalue weighted by molar-refractivity contribution is 9.10. The molecule has 11 heteroatoms. The van der Waals surface area contributed by atoms with Crippen molar-refractivity contribution in [2.45, 2.75) is 50.7 Å². The van der Waals surface area contributed by atoms with Gasteiger partial charge in [0, 0.05) is 17.1 Å². The molecule has 0 saturated carbocycles. The van der Waals surface area contributed by atoms with Crippen molar-refractivity contribution in [2.75, 3.05) is 10.8 Å². The molecule has 0 aliphatic rings. The molecule has 0 spiro atoms. The summed E-state index contributed by atoms with van der Waals surface area (Å²) in [4.78, 5) is 28.4. The average molecular weight is 655 g/mol. The average Bonchev–Trinajstić information content (AvgIpc) is 2.92. The van der Waals surface area contributed by atoms with Crippen molar-refractivity contribution in [1.82, 2.24) is 10.2 Å². The van der Waals surface area contributed by atoms with Crippen LogP contribution >= 0.6 is 39.1 Å². The summed E-state index contributed by atoms with van der Waals surface area (Å²) in [7, 11) is -4.24. The van der Waals surface area contributed by atoms with Gasteiger partial charge >= 0.3 is 0 Å². The first-order chi connectivity index (χ1) is 18.4. The number of amides is 2. The summed E-state index contributed by atoms with van der Waals surface area (Å²) in [6, 6.07) is 18.7. The number of carbonyl (C=O) groups is 2. The normalized spacial score (nSPS) is 12.9. The number of nitrogens with one attached hydrogen (secondary N) is 1. The third kappa shape index (κ3) is 7.75. The minimum absolute atomic E-state index is 0.00688. The van der Waals surface area contributed by atoms with E-state index < -0.39 is 28.5 Å². The van der Waals surface area contributed by atoms with Gasteiger partial charge in [0.2, 0.25) is 11.8 Å². The lowest BCUT2D eigenvalue weighted by Crippen LogP contribution is -2.52. The third-order valence-electron chi connectivity index (χ3n) is 6.22. The lowest BCUT2D eigenvalue weighted by Gasteiger charge is -2.32. The summed E-state index contributed by atoms with van der Waals surface area (Å²) in [6.45, 7) is 4.92. The number of hydrogen-bond acceptors (Lipinski definition) is 4. The van der Waals surface area contributed by atoms with E-state index in [1.54, 1.807) is 31.2 Å². The van der Waals surface area contributed by atoms with E-state index in [-0.39, 0.29) is 39.1 Å². The number of hydrogen-bond donors (Lipinski definition) is 1. The number of anilines is 1. The van der Waals surface area contributed by atoms with Crippen LogP contribution in [-0.4, -0.2) is 43.8 Å². The Labute approximate surface area is 248 Å². The Hall–Kier alpha value is -2.59. The third-order valence-corrected chi connectivity index (χ3v) is 9.30. The van der Waals surface area contributed by atoms with Gasteiger partial charge in [-0.2, -0.15) is 0 Å². The topological polar surface area (TPSA) is 86.8 Å². The van der Waals surface area contributed by atoms with Gasteiger partial charge in [0.25, 0.3) is 10.0 Å². The molecule has 3 rings (SSSR count). The predicted molar refractivity (Wildman–Crippen MR) is 159 cm³/mol. The van der Waals surface area contributed by atoms with E-state index in [1.807, 2.05) is 38.1 Å². The smallest absolute Gasteiger partial charge is 0.264 e. The lowest BCUT2D eigenvalue weighted by atomic mass is 10.1. The van der Waals surface area contributed by atoms with Crippen LogP contribution in [0.15, 0.2) is 82.2 Å². The molecule has 0 radical (unpaired) electrons. The standard InChI is InChI=1S/C28H30BrCl2N3O4S/c1-4-19(2)32-28(36)20(3)33(17-21-10-8-11-22(29)16-21)26(35)18-34(25-15-9-14-24(30)27(25)31)39(37,38)23-12-6-5-7-13-23/h5-16,19-20H,4,17-18H2,1-3H3,(H,32,36)/t19-,20+/m1/s1. The number of nitrogens with zero attached hydrogens (tertiary/aromatic N) is 2. The zero-order chi connectivity index (χ0) is 28.7. The van der Waals surface area contributed by atoms with Gasteiger partial charge in [-0.1, -0.05) is 82.5 Å². The first-order valence-electron chi connectivity index (χ1n) is 12.3. The highest BCUT2D eigenvalue weighted by atomic mass is 79.9. The monoisotopic (exact) mass is 653 g/mol. The van der Waals surface area contributed by atoms with Crippen LogP contribution in [0.3, 0.4) is 0 Å². The lowest BCUT2D eigenvalue weighted by molar-refractivity contribution is -0.139. The van der Waals surface area contributed by atoms with Gasteiger partial charge in [0.15, 0.2) is 0 Å². The van der Waals surface area contributed by atoms with Gasteiger partial charge in [0.1, 0.15) is 12.6 Å². The minimum atomic E-state index is -4.24. The van der Waals surface area contributed by atoms with Crippen molar-refractivity contribution in [3.63, 3.8) is 0 Å². The number of carbonyl (C=O) groups excluding carboxylic acids is 2. The fourth-order valence-corrected chi connectivity index (χ4v) is 6.14. The van der Waals surface area contributed by atoms with Crippen molar-refractivity contribution in [1.29, 1.82) is 0 Å². The van der Waals surface area contributed by atoms with E-state index >= 15 is 0 Å². The summed E-state index contributed by atoms with van der Waals surface area (Å²) in [5, 5.41) is 3.04. The fourth-order valence-electron chi connectivity index (χ4n) is 3.80. The molecular weight excluding hydrogens is 625 g/mol. The highest BCUT2D eigenvalue weighted by Gasteiger charge is 2.33. The maximum atomic E-state index is 13.9. The first kappa shape index (κ1) is 30.9. The molecule has 2 atom stereocenters. The molecule has 1 N–H and O–H groups in total. The Balaban J connectivity index is 2.06. The molecule has 0 saturated heterocycles. The van der Waals surface area contributed by atoms with E-state index in [9.17, 15) is 18.0 Å². The SMILES string of the molecule is CC[C@@H](C)NC(=O)[C@H](C)N(Cc1cccc(Br)c1)C(=O)CN(c1cccc(Cl)c1Cl)S(=O)(=O)c1ccccc1. The zero-order valence-corrected chi connectivity index (χ0v) is 25.7. The maximum Gasteiger partial charge on any atom is 0.264 e. The van der Waals surface area contributed by atoms with Crippen LogP contribution in [-0.2, 0) is 26.2 Å². The molecule has 0 aliphatic carbocycles. The van der Waals surface area contributed by atoms with Crippen molar-refractivity contribution in [3.05, 3.63) is 92.9 Å². The Bertz CT molecular complexity index is 1420. The molecule has 3 aromatic carbocycles. The van der Waals surface area contributed by atoms with Gasteiger partial charge in [-0.15, -0.1) is 0 Å². The number of rotatable bonds is 11. The van der Waals surface area contributed by atoms with E-state index in [2.05, 4.69) is 21.2 Å². The summed E-state index contributed by atoms with van der Waals surface area (Å²) in [5.41, 5.74) is 0.819. The second kappa shape index (κ2) is 13.7. The fraction of sp³-hybridized carbons (Fsp3) is 0.286. The van der Waals surface area contributed by atoms with Crippen LogP contribution in [0.25, 0.3) is 0 Å². The maximum absolute atomic E-state index is 13.9. The Morgan fingerprint density at radius 3 is 2.28 bits per heavy atom. The van der Waals surface area contributed by atoms with Crippen LogP contribution < -0.4 is 9.62 Å². The van der Waals surface area contributed by atoms with E-state index in [4.69, 9.17) is 23.2 Å². The molecule has 0 fully saturated rings. The zero-order valence-electron chi connectivity index (χ0n) is 21.8. The van der Waals surface area contributed by atoms with Crippen molar-refractivity contribution >= 4 is 66.7 Å². The molecule has 0 bridgehead atoms. The molecule has 0 aromatic heterocycles. The van der Waals surface area contributed by atoms with Crippen LogP contribution in [0.2, 0.25) is 10.0 Å². The number of halogens is 3. The predicted octanol–water partition coefficient (Wildman–Crippen LogP) is 6.28. The van der Waals surface area contributed by atoms with E-state index in [0.29, 0.717) is 6.42 Å². The molecule has 7 nitrogen and oxygen atoms in total. The van der Waals surface area contributed by atoms with Crippen LogP contribution in [0.4, 0.5) is 5.69 Å². The Kier molecular flexibility index (Phi) is 10.8. The molecule has 2 amide bonds. The van der Waals surface area contributed by atoms with Gasteiger partial charge in [0.05, 0.1) is 20.6 Å². The van der Waals surface area contributed by atoms with Crippen molar-refractivity contribution < 1.29 is 18.0 Å². The number of sulfonamides is 1. The summed E-state index contributed by atoms with van der Waals surface area (Å²) in [6.07, 6.45) is 0.717. The van der Waals surface area contributed by atoms with Gasteiger partial charge in [-0.25, -0.2) is 8.42 Å². The molecule has 0 unspecified atom stereocenters. The summed E-state index contributed by atoms with van der Waals surface area (Å²) < 4.78 is 29.4. The van der Waals surface area contributed by atoms with Crippen LogP contribution in [0.1, 0.15) is 32.8 Å². The quantitative estimate of drug-likeness (QED) is 0.264. The number of benzene rings is 3. The first-order valence-corrected chi connectivity index (χ1v) is 15.3. The second-order valence-corrected chi connectivity index (χ2v) is 12.6. The second-order valence-electron chi connectivity index (χ2n) is 9.04. The Morgan fingerprint density at radius 2 is 1.64 bits per heavy atom. The van der Waals surface area contributed by atoms with Crippen molar-refractivity contribution in [3.8, 4) is 0 Å². The van der Waals surface area contributed by atoms with Gasteiger partial charge in [-0.05, 0) is 62.2 Å².